The summed E-state index contributed by atoms with van der Waals surface area (Å²) in [6.45, 7) is 4.73. The molecule has 0 radical (unpaired) electrons. The van der Waals surface area contributed by atoms with Crippen LogP contribution in [0.15, 0.2) is 35.7 Å². The maximum absolute atomic E-state index is 12.5. The van der Waals surface area contributed by atoms with E-state index in [1.165, 1.54) is 28.6 Å². The standard InChI is InChI=1S/C14H18N2O4S/c1-2-9-20-13-6-5-11(10-12(13)14(15)17)21(18,19)16-7-3-4-8-16/h2,5-6,10H,1,3-4,7-9H2,(H2,15,17). The molecule has 21 heavy (non-hydrogen) atoms. The van der Waals surface area contributed by atoms with E-state index >= 15 is 0 Å². The molecule has 1 amide bonds. The van der Waals surface area contributed by atoms with E-state index < -0.39 is 15.9 Å². The Morgan fingerprint density at radius 1 is 1.38 bits per heavy atom. The van der Waals surface area contributed by atoms with Gasteiger partial charge in [0.15, 0.2) is 0 Å². The summed E-state index contributed by atoms with van der Waals surface area (Å²) in [7, 11) is -3.58. The summed E-state index contributed by atoms with van der Waals surface area (Å²) in [4.78, 5) is 11.6. The van der Waals surface area contributed by atoms with Gasteiger partial charge in [-0.05, 0) is 31.0 Å². The molecule has 0 aromatic heterocycles. The maximum atomic E-state index is 12.5. The van der Waals surface area contributed by atoms with Crippen molar-refractivity contribution in [1.29, 1.82) is 0 Å². The molecule has 7 heteroatoms. The average Bonchev–Trinajstić information content (AvgIpc) is 2.99. The summed E-state index contributed by atoms with van der Waals surface area (Å²) in [5.74, 6) is -0.477. The molecule has 114 valence electrons. The second-order valence-corrected chi connectivity index (χ2v) is 6.67. The minimum atomic E-state index is -3.58. The van der Waals surface area contributed by atoms with E-state index in [1.807, 2.05) is 0 Å². The fourth-order valence-electron chi connectivity index (χ4n) is 2.21. The van der Waals surface area contributed by atoms with Crippen LogP contribution in [0, 0.1) is 0 Å². The Bertz CT molecular complexity index is 649. The lowest BCUT2D eigenvalue weighted by Crippen LogP contribution is -2.28. The SMILES string of the molecule is C=CCOc1ccc(S(=O)(=O)N2CCCC2)cc1C(N)=O. The largest absolute Gasteiger partial charge is 0.489 e. The number of rotatable bonds is 6. The predicted molar refractivity (Wildman–Crippen MR) is 78.6 cm³/mol. The van der Waals surface area contributed by atoms with Crippen LogP contribution in [0.2, 0.25) is 0 Å². The first kappa shape index (κ1) is 15.5. The molecule has 1 aliphatic rings. The van der Waals surface area contributed by atoms with E-state index in [0.29, 0.717) is 13.1 Å². The molecule has 2 rings (SSSR count). The zero-order chi connectivity index (χ0) is 15.5. The van der Waals surface area contributed by atoms with Gasteiger partial charge in [-0.15, -0.1) is 0 Å². The monoisotopic (exact) mass is 310 g/mol. The van der Waals surface area contributed by atoms with Crippen molar-refractivity contribution in [2.45, 2.75) is 17.7 Å². The molecule has 0 saturated carbocycles. The molecular formula is C14H18N2O4S. The van der Waals surface area contributed by atoms with Gasteiger partial charge in [0.25, 0.3) is 5.91 Å². The molecule has 6 nitrogen and oxygen atoms in total. The number of carbonyl (C=O) groups excluding carboxylic acids is 1. The van der Waals surface area contributed by atoms with Gasteiger partial charge in [-0.1, -0.05) is 12.7 Å². The van der Waals surface area contributed by atoms with Crippen LogP contribution >= 0.6 is 0 Å². The third-order valence-corrected chi connectivity index (χ3v) is 5.17. The zero-order valence-corrected chi connectivity index (χ0v) is 12.4. The number of sulfonamides is 1. The molecule has 1 saturated heterocycles. The van der Waals surface area contributed by atoms with Crippen molar-refractivity contribution in [2.24, 2.45) is 5.73 Å². The van der Waals surface area contributed by atoms with Crippen molar-refractivity contribution >= 4 is 15.9 Å². The number of ether oxygens (including phenoxy) is 1. The average molecular weight is 310 g/mol. The van der Waals surface area contributed by atoms with E-state index in [0.717, 1.165) is 12.8 Å². The van der Waals surface area contributed by atoms with Crippen LogP contribution in [0.3, 0.4) is 0 Å². The van der Waals surface area contributed by atoms with E-state index in [2.05, 4.69) is 6.58 Å². The normalized spacial score (nSPS) is 15.8. The highest BCUT2D eigenvalue weighted by atomic mass is 32.2. The first-order valence-corrected chi connectivity index (χ1v) is 8.08. The van der Waals surface area contributed by atoms with E-state index in [1.54, 1.807) is 0 Å². The van der Waals surface area contributed by atoms with Gasteiger partial charge in [0.1, 0.15) is 12.4 Å². The Kier molecular flexibility index (Phi) is 4.64. The highest BCUT2D eigenvalue weighted by Gasteiger charge is 2.28. The summed E-state index contributed by atoms with van der Waals surface area (Å²) in [5, 5.41) is 0. The zero-order valence-electron chi connectivity index (χ0n) is 11.6. The summed E-state index contributed by atoms with van der Waals surface area (Å²) >= 11 is 0. The number of hydrogen-bond acceptors (Lipinski definition) is 4. The molecule has 0 bridgehead atoms. The first-order valence-electron chi connectivity index (χ1n) is 6.64. The van der Waals surface area contributed by atoms with Gasteiger partial charge in [0, 0.05) is 13.1 Å². The smallest absolute Gasteiger partial charge is 0.252 e. The second kappa shape index (κ2) is 6.28. The van der Waals surface area contributed by atoms with E-state index in [9.17, 15) is 13.2 Å². The summed E-state index contributed by atoms with van der Waals surface area (Å²) < 4.78 is 31.6. The molecule has 0 atom stereocenters. The lowest BCUT2D eigenvalue weighted by molar-refractivity contribution is 0.0996. The van der Waals surface area contributed by atoms with Gasteiger partial charge in [0.2, 0.25) is 10.0 Å². The third-order valence-electron chi connectivity index (χ3n) is 3.28. The Morgan fingerprint density at radius 2 is 2.05 bits per heavy atom. The topological polar surface area (TPSA) is 89.7 Å². The molecule has 0 spiro atoms. The molecule has 1 aromatic carbocycles. The maximum Gasteiger partial charge on any atom is 0.252 e. The molecule has 0 aliphatic carbocycles. The van der Waals surface area contributed by atoms with Crippen LogP contribution in [0.5, 0.6) is 5.75 Å². The molecule has 1 aromatic rings. The van der Waals surface area contributed by atoms with Crippen molar-refractivity contribution in [3.8, 4) is 5.75 Å². The van der Waals surface area contributed by atoms with Crippen LogP contribution in [0.1, 0.15) is 23.2 Å². The number of primary amides is 1. The van der Waals surface area contributed by atoms with Crippen LogP contribution in [0.25, 0.3) is 0 Å². The van der Waals surface area contributed by atoms with Crippen molar-refractivity contribution in [3.63, 3.8) is 0 Å². The summed E-state index contributed by atoms with van der Waals surface area (Å²) in [6, 6.07) is 4.15. The van der Waals surface area contributed by atoms with Crippen LogP contribution in [-0.4, -0.2) is 38.3 Å². The number of nitrogens with zero attached hydrogens (tertiary/aromatic N) is 1. The van der Waals surface area contributed by atoms with Gasteiger partial charge in [0.05, 0.1) is 10.5 Å². The van der Waals surface area contributed by atoms with Crippen LogP contribution in [-0.2, 0) is 10.0 Å². The van der Waals surface area contributed by atoms with E-state index in [4.69, 9.17) is 10.5 Å². The van der Waals surface area contributed by atoms with Gasteiger partial charge < -0.3 is 10.5 Å². The van der Waals surface area contributed by atoms with Crippen molar-refractivity contribution in [2.75, 3.05) is 19.7 Å². The van der Waals surface area contributed by atoms with Crippen molar-refractivity contribution in [1.82, 2.24) is 4.31 Å². The van der Waals surface area contributed by atoms with Crippen LogP contribution in [0.4, 0.5) is 0 Å². The fraction of sp³-hybridized carbons (Fsp3) is 0.357. The minimum absolute atomic E-state index is 0.0529. The van der Waals surface area contributed by atoms with Gasteiger partial charge in [-0.2, -0.15) is 4.31 Å². The fourth-order valence-corrected chi connectivity index (χ4v) is 3.76. The number of nitrogens with two attached hydrogens (primary N) is 1. The Balaban J connectivity index is 2.39. The third kappa shape index (κ3) is 3.25. The quantitative estimate of drug-likeness (QED) is 0.798. The molecule has 1 heterocycles. The number of carbonyl (C=O) groups is 1. The molecule has 0 unspecified atom stereocenters. The van der Waals surface area contributed by atoms with Crippen molar-refractivity contribution < 1.29 is 17.9 Å². The predicted octanol–water partition coefficient (Wildman–Crippen LogP) is 1.13. The van der Waals surface area contributed by atoms with Crippen molar-refractivity contribution in [3.05, 3.63) is 36.4 Å². The first-order chi connectivity index (χ1) is 9.96. The number of benzene rings is 1. The Morgan fingerprint density at radius 3 is 2.62 bits per heavy atom. The minimum Gasteiger partial charge on any atom is -0.489 e. The molecule has 2 N–H and O–H groups in total. The van der Waals surface area contributed by atoms with E-state index in [-0.39, 0.29) is 22.8 Å². The lowest BCUT2D eigenvalue weighted by atomic mass is 10.2. The Labute approximate surface area is 124 Å². The number of amides is 1. The second-order valence-electron chi connectivity index (χ2n) is 4.73. The highest BCUT2D eigenvalue weighted by Crippen LogP contribution is 2.26. The molecule has 1 aliphatic heterocycles. The lowest BCUT2D eigenvalue weighted by Gasteiger charge is -2.16. The van der Waals surface area contributed by atoms with Gasteiger partial charge >= 0.3 is 0 Å². The highest BCUT2D eigenvalue weighted by molar-refractivity contribution is 7.89. The summed E-state index contributed by atoms with van der Waals surface area (Å²) in [5.41, 5.74) is 5.35. The summed E-state index contributed by atoms with van der Waals surface area (Å²) in [6.07, 6.45) is 3.23. The Hall–Kier alpha value is -1.86. The molecule has 1 fully saturated rings. The number of hydrogen-bond donors (Lipinski definition) is 1. The van der Waals surface area contributed by atoms with Gasteiger partial charge in [-0.3, -0.25) is 4.79 Å². The van der Waals surface area contributed by atoms with Crippen LogP contribution < -0.4 is 10.5 Å². The van der Waals surface area contributed by atoms with Gasteiger partial charge in [-0.25, -0.2) is 8.42 Å². The molecular weight excluding hydrogens is 292 g/mol.